The lowest BCUT2D eigenvalue weighted by Crippen LogP contribution is -2.34. The highest BCUT2D eigenvalue weighted by atomic mass is 32.2. The summed E-state index contributed by atoms with van der Waals surface area (Å²) in [6.45, 7) is -0.369. The first-order valence-corrected chi connectivity index (χ1v) is 8.82. The second kappa shape index (κ2) is 6.88. The topological polar surface area (TPSA) is 101 Å². The maximum atomic E-state index is 13.1. The Labute approximate surface area is 147 Å². The number of rotatable bonds is 4. The molecule has 0 saturated carbocycles. The van der Waals surface area contributed by atoms with Gasteiger partial charge in [-0.2, -0.15) is 17.5 Å². The van der Waals surface area contributed by atoms with E-state index in [9.17, 15) is 31.2 Å². The van der Waals surface area contributed by atoms with E-state index in [2.05, 4.69) is 4.74 Å². The van der Waals surface area contributed by atoms with Crippen molar-refractivity contribution in [1.82, 2.24) is 4.31 Å². The first kappa shape index (κ1) is 20.2. The van der Waals surface area contributed by atoms with Crippen molar-refractivity contribution in [3.63, 3.8) is 0 Å². The smallest absolute Gasteiger partial charge is 0.393 e. The summed E-state index contributed by atoms with van der Waals surface area (Å²) < 4.78 is 69.6. The van der Waals surface area contributed by atoms with Gasteiger partial charge in [0.05, 0.1) is 29.4 Å². The summed E-state index contributed by atoms with van der Waals surface area (Å²) in [6, 6.07) is 3.51. The van der Waals surface area contributed by atoms with Gasteiger partial charge < -0.3 is 9.84 Å². The number of hydrogen-bond donors (Lipinski definition) is 1. The van der Waals surface area contributed by atoms with E-state index in [4.69, 9.17) is 5.11 Å². The zero-order valence-corrected chi connectivity index (χ0v) is 14.6. The van der Waals surface area contributed by atoms with Crippen LogP contribution in [0, 0.1) is 18.8 Å². The Kier molecular flexibility index (Phi) is 5.34. The molecule has 0 bridgehead atoms. The van der Waals surface area contributed by atoms with Gasteiger partial charge >= 0.3 is 18.1 Å². The summed E-state index contributed by atoms with van der Waals surface area (Å²) in [4.78, 5) is 22.3. The molecular formula is C15H16F3NO6S. The lowest BCUT2D eigenvalue weighted by Gasteiger charge is -2.19. The van der Waals surface area contributed by atoms with Crippen LogP contribution in [-0.2, 0) is 19.6 Å². The number of carboxylic acid groups (broad SMARTS) is 1. The average molecular weight is 395 g/mol. The molecule has 1 aliphatic heterocycles. The van der Waals surface area contributed by atoms with Crippen LogP contribution in [-0.4, -0.2) is 56.1 Å². The number of methoxy groups -OCH3 is 1. The zero-order valence-electron chi connectivity index (χ0n) is 13.8. The molecule has 11 heteroatoms. The highest BCUT2D eigenvalue weighted by molar-refractivity contribution is 7.89. The fourth-order valence-corrected chi connectivity index (χ4v) is 4.57. The van der Waals surface area contributed by atoms with Gasteiger partial charge in [-0.05, 0) is 30.7 Å². The zero-order chi connectivity index (χ0) is 19.9. The number of aryl methyl sites for hydroxylation is 1. The molecule has 26 heavy (non-hydrogen) atoms. The fourth-order valence-electron chi connectivity index (χ4n) is 2.87. The normalized spacial score (nSPS) is 21.6. The molecule has 0 amide bonds. The van der Waals surface area contributed by atoms with E-state index in [-0.39, 0.29) is 16.0 Å². The number of carboxylic acids is 1. The molecule has 0 spiro atoms. The second-order valence-corrected chi connectivity index (χ2v) is 7.79. The molecule has 1 fully saturated rings. The third-order valence-electron chi connectivity index (χ3n) is 4.24. The third kappa shape index (κ3) is 3.68. The second-order valence-electron chi connectivity index (χ2n) is 5.89. The number of benzene rings is 1. The van der Waals surface area contributed by atoms with Crippen LogP contribution in [0.1, 0.15) is 15.9 Å². The predicted molar refractivity (Wildman–Crippen MR) is 81.9 cm³/mol. The number of sulfonamides is 1. The summed E-state index contributed by atoms with van der Waals surface area (Å²) >= 11 is 0. The molecule has 0 unspecified atom stereocenters. The van der Waals surface area contributed by atoms with Gasteiger partial charge in [-0.1, -0.05) is 0 Å². The van der Waals surface area contributed by atoms with Gasteiger partial charge in [0, 0.05) is 13.1 Å². The summed E-state index contributed by atoms with van der Waals surface area (Å²) in [5.74, 6) is -6.56. The minimum absolute atomic E-state index is 0.0851. The van der Waals surface area contributed by atoms with E-state index in [1.165, 1.54) is 19.1 Å². The molecule has 0 aromatic heterocycles. The standard InChI is InChI=1S/C15H16F3NO6S/c1-8-5-9(14(22)25-2)3-4-12(8)26(23,24)19-6-10(13(20)21)11(7-19)15(16,17)18/h3-5,10-11H,6-7H2,1-2H3,(H,20,21)/t10-,11-/m1/s1. The minimum Gasteiger partial charge on any atom is -0.481 e. The van der Waals surface area contributed by atoms with E-state index in [1.807, 2.05) is 0 Å². The lowest BCUT2D eigenvalue weighted by atomic mass is 9.96. The fraction of sp³-hybridized carbons (Fsp3) is 0.467. The number of carbonyl (C=O) groups is 2. The molecule has 144 valence electrons. The number of aliphatic carboxylic acids is 1. The van der Waals surface area contributed by atoms with Gasteiger partial charge in [0.15, 0.2) is 0 Å². The van der Waals surface area contributed by atoms with Crippen LogP contribution in [0.25, 0.3) is 0 Å². The highest BCUT2D eigenvalue weighted by Crippen LogP contribution is 2.40. The highest BCUT2D eigenvalue weighted by Gasteiger charge is 2.55. The number of alkyl halides is 3. The molecule has 0 radical (unpaired) electrons. The van der Waals surface area contributed by atoms with E-state index >= 15 is 0 Å². The number of carbonyl (C=O) groups excluding carboxylic acids is 1. The van der Waals surface area contributed by atoms with E-state index < -0.39 is 53.1 Å². The maximum Gasteiger partial charge on any atom is 0.393 e. The Balaban J connectivity index is 2.39. The molecule has 1 aromatic rings. The van der Waals surface area contributed by atoms with Crippen LogP contribution in [0.5, 0.6) is 0 Å². The lowest BCUT2D eigenvalue weighted by molar-refractivity contribution is -0.187. The molecular weight excluding hydrogens is 379 g/mol. The van der Waals surface area contributed by atoms with Crippen LogP contribution in [0.3, 0.4) is 0 Å². The number of hydrogen-bond acceptors (Lipinski definition) is 5. The van der Waals surface area contributed by atoms with Gasteiger partial charge in [0.1, 0.15) is 0 Å². The van der Waals surface area contributed by atoms with Gasteiger partial charge in [-0.15, -0.1) is 0 Å². The van der Waals surface area contributed by atoms with Crippen molar-refractivity contribution in [2.24, 2.45) is 11.8 Å². The van der Waals surface area contributed by atoms with Crippen molar-refractivity contribution in [1.29, 1.82) is 0 Å². The van der Waals surface area contributed by atoms with Crippen LogP contribution >= 0.6 is 0 Å². The molecule has 2 rings (SSSR count). The Morgan fingerprint density at radius 2 is 1.88 bits per heavy atom. The minimum atomic E-state index is -4.84. The largest absolute Gasteiger partial charge is 0.481 e. The van der Waals surface area contributed by atoms with E-state index in [0.29, 0.717) is 4.31 Å². The van der Waals surface area contributed by atoms with Gasteiger partial charge in [-0.3, -0.25) is 4.79 Å². The first-order chi connectivity index (χ1) is 11.9. The molecule has 1 saturated heterocycles. The third-order valence-corrected chi connectivity index (χ3v) is 6.23. The quantitative estimate of drug-likeness (QED) is 0.779. The Morgan fingerprint density at radius 1 is 1.27 bits per heavy atom. The average Bonchev–Trinajstić information content (AvgIpc) is 3.00. The maximum absolute atomic E-state index is 13.1. The Morgan fingerprint density at radius 3 is 2.31 bits per heavy atom. The summed E-state index contributed by atoms with van der Waals surface area (Å²) in [6.07, 6.45) is -4.84. The number of ether oxygens (including phenoxy) is 1. The first-order valence-electron chi connectivity index (χ1n) is 7.38. The molecule has 1 heterocycles. The molecule has 2 atom stereocenters. The van der Waals surface area contributed by atoms with Crippen LogP contribution < -0.4 is 0 Å². The van der Waals surface area contributed by atoms with E-state index in [0.717, 1.165) is 13.2 Å². The number of halogens is 3. The van der Waals surface area contributed by atoms with Crippen molar-refractivity contribution in [2.75, 3.05) is 20.2 Å². The Bertz CT molecular complexity index is 836. The number of nitrogens with zero attached hydrogens (tertiary/aromatic N) is 1. The van der Waals surface area contributed by atoms with Crippen LogP contribution in [0.4, 0.5) is 13.2 Å². The predicted octanol–water partition coefficient (Wildman–Crippen LogP) is 1.67. The van der Waals surface area contributed by atoms with Crippen molar-refractivity contribution < 1.29 is 41.0 Å². The summed E-state index contributed by atoms with van der Waals surface area (Å²) in [5.41, 5.74) is 0.220. The summed E-state index contributed by atoms with van der Waals surface area (Å²) in [7, 11) is -3.21. The van der Waals surface area contributed by atoms with Gasteiger partial charge in [0.25, 0.3) is 0 Å². The Hall–Kier alpha value is -2.14. The molecule has 7 nitrogen and oxygen atoms in total. The van der Waals surface area contributed by atoms with Crippen molar-refractivity contribution in [3.8, 4) is 0 Å². The van der Waals surface area contributed by atoms with Crippen molar-refractivity contribution >= 4 is 22.0 Å². The van der Waals surface area contributed by atoms with Crippen LogP contribution in [0.2, 0.25) is 0 Å². The van der Waals surface area contributed by atoms with Crippen molar-refractivity contribution in [2.45, 2.75) is 18.0 Å². The number of esters is 1. The molecule has 1 aromatic carbocycles. The summed E-state index contributed by atoms with van der Waals surface area (Å²) in [5, 5.41) is 9.01. The molecule has 0 aliphatic carbocycles. The molecule has 1 aliphatic rings. The monoisotopic (exact) mass is 395 g/mol. The van der Waals surface area contributed by atoms with Crippen LogP contribution in [0.15, 0.2) is 23.1 Å². The SMILES string of the molecule is COC(=O)c1ccc(S(=O)(=O)N2C[C@@H](C(F)(F)F)[C@H](C(=O)O)C2)c(C)c1. The van der Waals surface area contributed by atoms with E-state index in [1.54, 1.807) is 0 Å². The van der Waals surface area contributed by atoms with Gasteiger partial charge in [0.2, 0.25) is 10.0 Å². The van der Waals surface area contributed by atoms with Gasteiger partial charge in [-0.25, -0.2) is 13.2 Å². The van der Waals surface area contributed by atoms with Crippen molar-refractivity contribution in [3.05, 3.63) is 29.3 Å². The molecule has 1 N–H and O–H groups in total.